The number of nitrogens with zero attached hydrogens (tertiary/aromatic N) is 2. The van der Waals surface area contributed by atoms with Crippen LogP contribution in [0, 0.1) is 5.92 Å². The van der Waals surface area contributed by atoms with Gasteiger partial charge in [-0.3, -0.25) is 19.5 Å². The summed E-state index contributed by atoms with van der Waals surface area (Å²) in [4.78, 5) is 31.6. The van der Waals surface area contributed by atoms with Crippen molar-refractivity contribution in [1.29, 1.82) is 0 Å². The van der Waals surface area contributed by atoms with E-state index in [2.05, 4.69) is 0 Å². The number of hydrogen-bond donors (Lipinski definition) is 0. The average Bonchev–Trinajstić information content (AvgIpc) is 3.52. The van der Waals surface area contributed by atoms with Gasteiger partial charge in [0.15, 0.2) is 0 Å². The molecule has 4 rings (SSSR count). The number of anilines is 1. The Labute approximate surface area is 162 Å². The van der Waals surface area contributed by atoms with E-state index in [1.165, 1.54) is 12.0 Å². The van der Waals surface area contributed by atoms with Gasteiger partial charge in [0.25, 0.3) is 5.91 Å². The Hall–Kier alpha value is -2.66. The monoisotopic (exact) mass is 382 g/mol. The van der Waals surface area contributed by atoms with Gasteiger partial charge in [0.1, 0.15) is 12.6 Å². The largest absolute Gasteiger partial charge is 0.468 e. The van der Waals surface area contributed by atoms with E-state index in [0.717, 1.165) is 29.7 Å². The normalized spacial score (nSPS) is 19.2. The summed E-state index contributed by atoms with van der Waals surface area (Å²) in [6.45, 7) is -0.148. The van der Waals surface area contributed by atoms with Gasteiger partial charge in [0, 0.05) is 16.1 Å². The summed E-state index contributed by atoms with van der Waals surface area (Å²) in [5.41, 5.74) is 3.01. The summed E-state index contributed by atoms with van der Waals surface area (Å²) in [5, 5.41) is 0.549. The van der Waals surface area contributed by atoms with E-state index in [0.29, 0.717) is 10.7 Å². The first-order valence-electron chi connectivity index (χ1n) is 8.90. The highest BCUT2D eigenvalue weighted by Gasteiger charge is 2.42. The molecule has 138 valence electrons. The molecule has 27 heavy (non-hydrogen) atoms. The quantitative estimate of drug-likeness (QED) is 0.761. The zero-order valence-electron chi connectivity index (χ0n) is 14.9. The molecule has 1 amide bonds. The molecule has 5 nitrogen and oxygen atoms in total. The number of ether oxygens (including phenoxy) is 1. The predicted octanol–water partition coefficient (Wildman–Crippen LogP) is 3.48. The van der Waals surface area contributed by atoms with Crippen molar-refractivity contribution in [2.75, 3.05) is 18.6 Å². The molecule has 1 fully saturated rings. The molecular formula is C21H19ClN2O3. The van der Waals surface area contributed by atoms with Gasteiger partial charge in [-0.2, -0.15) is 0 Å². The van der Waals surface area contributed by atoms with Crippen LogP contribution >= 0.6 is 11.6 Å². The lowest BCUT2D eigenvalue weighted by atomic mass is 10.00. The molecule has 0 aromatic heterocycles. The van der Waals surface area contributed by atoms with E-state index >= 15 is 0 Å². The van der Waals surface area contributed by atoms with Crippen LogP contribution in [0.1, 0.15) is 24.0 Å². The highest BCUT2D eigenvalue weighted by Crippen LogP contribution is 2.39. The van der Waals surface area contributed by atoms with Crippen molar-refractivity contribution in [3.8, 4) is 0 Å². The number of halogens is 1. The highest BCUT2D eigenvalue weighted by molar-refractivity contribution is 6.32. The summed E-state index contributed by atoms with van der Waals surface area (Å²) in [5.74, 6) is -0.430. The van der Waals surface area contributed by atoms with Gasteiger partial charge in [0.05, 0.1) is 18.5 Å². The van der Waals surface area contributed by atoms with Crippen molar-refractivity contribution in [2.24, 2.45) is 10.9 Å². The van der Waals surface area contributed by atoms with Gasteiger partial charge in [0.2, 0.25) is 0 Å². The van der Waals surface area contributed by atoms with E-state index in [1.54, 1.807) is 18.2 Å². The van der Waals surface area contributed by atoms with Gasteiger partial charge >= 0.3 is 5.97 Å². The first-order valence-corrected chi connectivity index (χ1v) is 9.27. The summed E-state index contributed by atoms with van der Waals surface area (Å²) in [6.07, 6.45) is 1.93. The second kappa shape index (κ2) is 7.16. The fourth-order valence-corrected chi connectivity index (χ4v) is 3.55. The van der Waals surface area contributed by atoms with Gasteiger partial charge in [-0.1, -0.05) is 41.9 Å². The molecule has 6 heteroatoms. The van der Waals surface area contributed by atoms with E-state index < -0.39 is 12.0 Å². The summed E-state index contributed by atoms with van der Waals surface area (Å²) in [6, 6.07) is 14.5. The first kappa shape index (κ1) is 17.7. The molecule has 2 aromatic carbocycles. The average molecular weight is 383 g/mol. The van der Waals surface area contributed by atoms with E-state index in [4.69, 9.17) is 21.3 Å². The number of carbonyl (C=O) groups excluding carboxylic acids is 2. The first-order chi connectivity index (χ1) is 13.1. The Morgan fingerprint density at radius 1 is 1.22 bits per heavy atom. The van der Waals surface area contributed by atoms with Crippen molar-refractivity contribution in [1.82, 2.24) is 0 Å². The van der Waals surface area contributed by atoms with Crippen molar-refractivity contribution >= 4 is 34.9 Å². The lowest BCUT2D eigenvalue weighted by Gasteiger charge is -2.24. The zero-order valence-corrected chi connectivity index (χ0v) is 15.6. The molecular weight excluding hydrogens is 364 g/mol. The van der Waals surface area contributed by atoms with Crippen molar-refractivity contribution in [3.05, 3.63) is 64.7 Å². The van der Waals surface area contributed by atoms with Crippen LogP contribution in [-0.2, 0) is 14.3 Å². The molecule has 0 spiro atoms. The molecule has 0 radical (unpaired) electrons. The minimum absolute atomic E-state index is 0.148. The van der Waals surface area contributed by atoms with Crippen molar-refractivity contribution in [2.45, 2.75) is 18.9 Å². The van der Waals surface area contributed by atoms with Crippen molar-refractivity contribution in [3.63, 3.8) is 0 Å². The molecule has 1 unspecified atom stereocenters. The highest BCUT2D eigenvalue weighted by atomic mass is 35.5. The number of benzodiazepines with no additional fused rings is 1. The lowest BCUT2D eigenvalue weighted by Crippen LogP contribution is -2.42. The van der Waals surface area contributed by atoms with E-state index in [9.17, 15) is 9.59 Å². The molecule has 1 atom stereocenters. The molecule has 1 heterocycles. The van der Waals surface area contributed by atoms with Crippen LogP contribution < -0.4 is 4.90 Å². The maximum atomic E-state index is 13.3. The van der Waals surface area contributed by atoms with Gasteiger partial charge in [-0.15, -0.1) is 0 Å². The Morgan fingerprint density at radius 2 is 1.96 bits per heavy atom. The third kappa shape index (κ3) is 3.47. The summed E-state index contributed by atoms with van der Waals surface area (Å²) in [7, 11) is 1.32. The number of carbonyl (C=O) groups is 2. The molecule has 1 aliphatic carbocycles. The second-order valence-electron chi connectivity index (χ2n) is 6.79. The second-order valence-corrected chi connectivity index (χ2v) is 7.22. The molecule has 2 aromatic rings. The lowest BCUT2D eigenvalue weighted by molar-refractivity contribution is -0.140. The van der Waals surface area contributed by atoms with Crippen LogP contribution in [0.2, 0.25) is 5.02 Å². The fourth-order valence-electron chi connectivity index (χ4n) is 3.38. The molecule has 0 N–H and O–H groups in total. The number of hydrogen-bond acceptors (Lipinski definition) is 4. The molecule has 1 saturated carbocycles. The molecule has 0 saturated heterocycles. The standard InChI is InChI=1S/C21H19ClN2O3/c1-27-18(25)12-24-17-10-9-15(22)11-16(17)19(13-5-3-2-4-6-13)23-20(21(24)26)14-7-8-14/h2-6,9-11,14,20H,7-8,12H2,1H3. The number of fused-ring (bicyclic) bond motifs is 1. The number of esters is 1. The SMILES string of the molecule is COC(=O)CN1C(=O)C(C2CC2)N=C(c2ccccc2)c2cc(Cl)ccc21. The van der Waals surface area contributed by atoms with Crippen molar-refractivity contribution < 1.29 is 14.3 Å². The smallest absolute Gasteiger partial charge is 0.325 e. The number of methoxy groups -OCH3 is 1. The number of rotatable bonds is 4. The third-order valence-corrected chi connectivity index (χ3v) is 5.16. The van der Waals surface area contributed by atoms with Gasteiger partial charge in [-0.25, -0.2) is 0 Å². The maximum Gasteiger partial charge on any atom is 0.325 e. The molecule has 2 aliphatic rings. The van der Waals surface area contributed by atoms with Crippen LogP contribution in [0.15, 0.2) is 53.5 Å². The molecule has 0 bridgehead atoms. The zero-order chi connectivity index (χ0) is 19.0. The van der Waals surface area contributed by atoms with E-state index in [-0.39, 0.29) is 18.4 Å². The topological polar surface area (TPSA) is 59.0 Å². The Kier molecular flexibility index (Phi) is 4.70. The van der Waals surface area contributed by atoms with E-state index in [1.807, 2.05) is 30.3 Å². The van der Waals surface area contributed by atoms with Gasteiger partial charge in [-0.05, 0) is 37.0 Å². The Balaban J connectivity index is 1.91. The number of benzene rings is 2. The number of amides is 1. The fraction of sp³-hybridized carbons (Fsp3) is 0.286. The van der Waals surface area contributed by atoms with Crippen LogP contribution in [0.4, 0.5) is 5.69 Å². The van der Waals surface area contributed by atoms with Crippen LogP contribution in [0.25, 0.3) is 0 Å². The number of aliphatic imine (C=N–C) groups is 1. The van der Waals surface area contributed by atoms with Crippen LogP contribution in [0.5, 0.6) is 0 Å². The van der Waals surface area contributed by atoms with Gasteiger partial charge < -0.3 is 4.74 Å². The Bertz CT molecular complexity index is 922. The van der Waals surface area contributed by atoms with Crippen LogP contribution in [0.3, 0.4) is 0 Å². The summed E-state index contributed by atoms with van der Waals surface area (Å²) < 4.78 is 4.81. The minimum atomic E-state index is -0.504. The maximum absolute atomic E-state index is 13.3. The predicted molar refractivity (Wildman–Crippen MR) is 104 cm³/mol. The van der Waals surface area contributed by atoms with Crippen LogP contribution in [-0.4, -0.2) is 37.3 Å². The third-order valence-electron chi connectivity index (χ3n) is 4.92. The molecule has 1 aliphatic heterocycles. The summed E-state index contributed by atoms with van der Waals surface area (Å²) >= 11 is 6.26. The minimum Gasteiger partial charge on any atom is -0.468 e. The Morgan fingerprint density at radius 3 is 2.63 bits per heavy atom.